The fourth-order valence-electron chi connectivity index (χ4n) is 3.66. The number of amides is 2. The molecule has 9 heteroatoms. The minimum Gasteiger partial charge on any atom is -0.391 e. The van der Waals surface area contributed by atoms with Crippen LogP contribution in [0.1, 0.15) is 59.8 Å². The summed E-state index contributed by atoms with van der Waals surface area (Å²) in [5, 5.41) is 15.4. The Morgan fingerprint density at radius 1 is 1.07 bits per heavy atom. The van der Waals surface area contributed by atoms with Crippen molar-refractivity contribution in [3.05, 3.63) is 0 Å². The summed E-state index contributed by atoms with van der Waals surface area (Å²) in [4.78, 5) is 34.9. The first-order valence-electron chi connectivity index (χ1n) is 10.8. The van der Waals surface area contributed by atoms with Crippen LogP contribution in [-0.4, -0.2) is 58.9 Å². The first kappa shape index (κ1) is 26.1. The molecule has 1 fully saturated rings. The van der Waals surface area contributed by atoms with E-state index in [1.807, 2.05) is 13.8 Å². The van der Waals surface area contributed by atoms with Crippen molar-refractivity contribution in [2.24, 2.45) is 23.5 Å². The molecule has 170 valence electrons. The van der Waals surface area contributed by atoms with Crippen LogP contribution in [0.3, 0.4) is 0 Å². The van der Waals surface area contributed by atoms with Crippen LogP contribution in [0.15, 0.2) is 0 Å². The maximum atomic E-state index is 12.5. The Morgan fingerprint density at radius 2 is 1.66 bits per heavy atom. The fourth-order valence-corrected chi connectivity index (χ4v) is 5.77. The Labute approximate surface area is 174 Å². The summed E-state index contributed by atoms with van der Waals surface area (Å²) in [6.07, 6.45) is 4.17. The van der Waals surface area contributed by atoms with Gasteiger partial charge in [-0.2, -0.15) is 0 Å². The van der Waals surface area contributed by atoms with Crippen LogP contribution in [0.25, 0.3) is 0 Å². The van der Waals surface area contributed by atoms with E-state index < -0.39 is 37.4 Å². The van der Waals surface area contributed by atoms with E-state index >= 15 is 0 Å². The highest BCUT2D eigenvalue weighted by Crippen LogP contribution is 2.45. The molecule has 0 aromatic heterocycles. The molecule has 1 unspecified atom stereocenters. The molecule has 2 amide bonds. The zero-order valence-electron chi connectivity index (χ0n) is 18.3. The van der Waals surface area contributed by atoms with Crippen molar-refractivity contribution in [1.82, 2.24) is 10.6 Å². The number of aliphatic hydroxyl groups excluding tert-OH is 1. The molecule has 0 aliphatic heterocycles. The molecule has 0 aromatic carbocycles. The summed E-state index contributed by atoms with van der Waals surface area (Å²) in [7, 11) is -3.45. The van der Waals surface area contributed by atoms with Crippen molar-refractivity contribution < 1.29 is 24.2 Å². The van der Waals surface area contributed by atoms with Gasteiger partial charge in [0.15, 0.2) is 0 Å². The summed E-state index contributed by atoms with van der Waals surface area (Å²) >= 11 is 0. The predicted octanol–water partition coefficient (Wildman–Crippen LogP) is 1.44. The summed E-state index contributed by atoms with van der Waals surface area (Å²) in [6, 6.07) is -1.50. The van der Waals surface area contributed by atoms with Gasteiger partial charge in [0.2, 0.25) is 19.2 Å². The molecular formula is C20H40N3O5P. The standard InChI is InChI=1S/C20H40N3O5P/c1-13(2)17(21)19(25)23-18(14(3)4)20(26)22-10-16(24)12-29(27,28)11-15-8-6-5-7-9-15/h13-18,24H,5-12,21H2,1-4H3,(H,22,26)(H,23,25)(H,27,28)/t16-,17+,18-/m1/s1. The van der Waals surface area contributed by atoms with Crippen LogP contribution in [0.4, 0.5) is 0 Å². The Kier molecular flexibility index (Phi) is 10.8. The van der Waals surface area contributed by atoms with E-state index in [-0.39, 0.29) is 36.6 Å². The summed E-state index contributed by atoms with van der Waals surface area (Å²) < 4.78 is 12.5. The van der Waals surface area contributed by atoms with Crippen LogP contribution in [0.5, 0.6) is 0 Å². The second kappa shape index (κ2) is 12.0. The highest BCUT2D eigenvalue weighted by Gasteiger charge is 2.30. The quantitative estimate of drug-likeness (QED) is 0.312. The van der Waals surface area contributed by atoms with Gasteiger partial charge in [0, 0.05) is 12.7 Å². The summed E-state index contributed by atoms with van der Waals surface area (Å²) in [5.74, 6) is -0.835. The molecule has 1 rings (SSSR count). The monoisotopic (exact) mass is 433 g/mol. The van der Waals surface area contributed by atoms with Gasteiger partial charge in [0.05, 0.1) is 18.3 Å². The average molecular weight is 434 g/mol. The smallest absolute Gasteiger partial charge is 0.242 e. The Morgan fingerprint density at radius 3 is 2.17 bits per heavy atom. The third-order valence-electron chi connectivity index (χ3n) is 5.54. The van der Waals surface area contributed by atoms with Crippen LogP contribution >= 0.6 is 7.37 Å². The fraction of sp³-hybridized carbons (Fsp3) is 0.900. The molecule has 29 heavy (non-hydrogen) atoms. The molecule has 0 radical (unpaired) electrons. The van der Waals surface area contributed by atoms with Gasteiger partial charge in [0.1, 0.15) is 6.04 Å². The molecule has 0 heterocycles. The molecule has 8 nitrogen and oxygen atoms in total. The highest BCUT2D eigenvalue weighted by atomic mass is 31.2. The van der Waals surface area contributed by atoms with Crippen LogP contribution in [0.2, 0.25) is 0 Å². The molecule has 0 aromatic rings. The van der Waals surface area contributed by atoms with Gasteiger partial charge in [-0.25, -0.2) is 0 Å². The highest BCUT2D eigenvalue weighted by molar-refractivity contribution is 7.58. The average Bonchev–Trinajstić information content (AvgIpc) is 2.62. The van der Waals surface area contributed by atoms with Crippen molar-refractivity contribution in [3.8, 4) is 0 Å². The van der Waals surface area contributed by atoms with Crippen LogP contribution in [-0.2, 0) is 14.2 Å². The van der Waals surface area contributed by atoms with Crippen molar-refractivity contribution in [1.29, 1.82) is 0 Å². The normalized spacial score (nSPS) is 20.7. The van der Waals surface area contributed by atoms with Crippen molar-refractivity contribution in [2.45, 2.75) is 78.0 Å². The van der Waals surface area contributed by atoms with E-state index in [1.54, 1.807) is 13.8 Å². The molecule has 1 saturated carbocycles. The topological polar surface area (TPSA) is 142 Å². The lowest BCUT2D eigenvalue weighted by atomic mass is 9.91. The van der Waals surface area contributed by atoms with E-state index in [2.05, 4.69) is 10.6 Å². The van der Waals surface area contributed by atoms with Gasteiger partial charge in [0.25, 0.3) is 0 Å². The number of carbonyl (C=O) groups excluding carboxylic acids is 2. The largest absolute Gasteiger partial charge is 0.391 e. The van der Waals surface area contributed by atoms with E-state index in [4.69, 9.17) is 5.73 Å². The van der Waals surface area contributed by atoms with Gasteiger partial charge < -0.3 is 26.4 Å². The van der Waals surface area contributed by atoms with E-state index in [0.717, 1.165) is 25.7 Å². The molecule has 0 spiro atoms. The number of rotatable bonds is 11. The molecule has 1 aliphatic carbocycles. The van der Waals surface area contributed by atoms with Gasteiger partial charge >= 0.3 is 0 Å². The Bertz CT molecular complexity index is 578. The lowest BCUT2D eigenvalue weighted by molar-refractivity contribution is -0.131. The van der Waals surface area contributed by atoms with Gasteiger partial charge in [-0.15, -0.1) is 0 Å². The number of hydrogen-bond acceptors (Lipinski definition) is 5. The van der Waals surface area contributed by atoms with Gasteiger partial charge in [-0.05, 0) is 30.6 Å². The van der Waals surface area contributed by atoms with E-state index in [1.165, 1.54) is 6.42 Å². The molecule has 0 bridgehead atoms. The second-order valence-electron chi connectivity index (χ2n) is 9.11. The van der Waals surface area contributed by atoms with Crippen LogP contribution < -0.4 is 16.4 Å². The lowest BCUT2D eigenvalue weighted by Gasteiger charge is -2.26. The minimum atomic E-state index is -3.45. The zero-order chi connectivity index (χ0) is 22.2. The van der Waals surface area contributed by atoms with Crippen molar-refractivity contribution >= 4 is 19.2 Å². The SMILES string of the molecule is CC(C)[C@H](N)C(=O)N[C@@H](C(=O)NC[C@@H](O)CP(=O)(O)CC1CCCCC1)C(C)C. The van der Waals surface area contributed by atoms with E-state index in [0.29, 0.717) is 0 Å². The zero-order valence-corrected chi connectivity index (χ0v) is 19.2. The number of aliphatic hydroxyl groups is 1. The molecule has 6 N–H and O–H groups in total. The van der Waals surface area contributed by atoms with Gasteiger partial charge in [-0.1, -0.05) is 47.0 Å². The number of nitrogens with one attached hydrogen (secondary N) is 2. The van der Waals surface area contributed by atoms with Gasteiger partial charge in [-0.3, -0.25) is 14.2 Å². The number of carbonyl (C=O) groups is 2. The number of nitrogens with two attached hydrogens (primary N) is 1. The second-order valence-corrected chi connectivity index (χ2v) is 11.5. The predicted molar refractivity (Wildman–Crippen MR) is 115 cm³/mol. The van der Waals surface area contributed by atoms with Crippen molar-refractivity contribution in [2.75, 3.05) is 18.9 Å². The summed E-state index contributed by atoms with van der Waals surface area (Å²) in [5.41, 5.74) is 5.83. The third kappa shape index (κ3) is 9.60. The Hall–Kier alpha value is -0.950. The number of hydrogen-bond donors (Lipinski definition) is 5. The summed E-state index contributed by atoms with van der Waals surface area (Å²) in [6.45, 7) is 7.11. The first-order chi connectivity index (χ1) is 13.4. The Balaban J connectivity index is 2.52. The third-order valence-corrected chi connectivity index (χ3v) is 7.62. The molecular weight excluding hydrogens is 393 g/mol. The molecule has 4 atom stereocenters. The minimum absolute atomic E-state index is 0.0597. The maximum absolute atomic E-state index is 12.5. The maximum Gasteiger partial charge on any atom is 0.242 e. The molecule has 1 aliphatic rings. The lowest BCUT2D eigenvalue weighted by Crippen LogP contribution is -2.55. The van der Waals surface area contributed by atoms with Crippen LogP contribution in [0, 0.1) is 17.8 Å². The first-order valence-corrected chi connectivity index (χ1v) is 12.8. The van der Waals surface area contributed by atoms with E-state index in [9.17, 15) is 24.2 Å². The van der Waals surface area contributed by atoms with Crippen molar-refractivity contribution in [3.63, 3.8) is 0 Å². The molecule has 0 saturated heterocycles.